The predicted molar refractivity (Wildman–Crippen MR) is 80.8 cm³/mol. The number of nitrogens with one attached hydrogen (secondary N) is 1. The van der Waals surface area contributed by atoms with Gasteiger partial charge in [-0.1, -0.05) is 29.3 Å². The Hall–Kier alpha value is -1.09. The lowest BCUT2D eigenvalue weighted by Crippen LogP contribution is -2.17. The van der Waals surface area contributed by atoms with Gasteiger partial charge in [0.25, 0.3) is 0 Å². The number of hydrogen-bond acceptors (Lipinski definition) is 2. The number of nitrogens with zero attached hydrogens (tertiary/aromatic N) is 1. The van der Waals surface area contributed by atoms with E-state index in [4.69, 9.17) is 23.2 Å². The summed E-state index contributed by atoms with van der Waals surface area (Å²) in [7, 11) is 1.94. The third-order valence-electron chi connectivity index (χ3n) is 3.13. The first-order valence-corrected chi connectivity index (χ1v) is 6.97. The molecule has 0 spiro atoms. The molecule has 4 heteroatoms. The number of halogens is 2. The Morgan fingerprint density at radius 1 is 1.26 bits per heavy atom. The van der Waals surface area contributed by atoms with E-state index in [1.165, 1.54) is 5.56 Å². The van der Waals surface area contributed by atoms with E-state index in [9.17, 15) is 0 Å². The van der Waals surface area contributed by atoms with Crippen LogP contribution in [0.25, 0.3) is 0 Å². The Balaban J connectivity index is 2.10. The molecular formula is C15H16Cl2N2. The Morgan fingerprint density at radius 2 is 2.11 bits per heavy atom. The molecular weight excluding hydrogens is 279 g/mol. The minimum atomic E-state index is 0.186. The van der Waals surface area contributed by atoms with Crippen molar-refractivity contribution >= 4 is 23.2 Å². The molecule has 0 saturated heterocycles. The van der Waals surface area contributed by atoms with Crippen LogP contribution in [-0.2, 0) is 6.42 Å². The first kappa shape index (κ1) is 14.3. The molecule has 0 saturated carbocycles. The van der Waals surface area contributed by atoms with Gasteiger partial charge in [0.15, 0.2) is 0 Å². The van der Waals surface area contributed by atoms with Crippen molar-refractivity contribution in [2.75, 3.05) is 7.05 Å². The van der Waals surface area contributed by atoms with Crippen molar-refractivity contribution in [2.45, 2.75) is 18.9 Å². The molecule has 0 bridgehead atoms. The zero-order chi connectivity index (χ0) is 13.7. The van der Waals surface area contributed by atoms with E-state index >= 15 is 0 Å². The van der Waals surface area contributed by atoms with Gasteiger partial charge in [-0.3, -0.25) is 4.98 Å². The molecule has 1 aromatic carbocycles. The van der Waals surface area contributed by atoms with E-state index in [0.29, 0.717) is 5.02 Å². The highest BCUT2D eigenvalue weighted by Crippen LogP contribution is 2.28. The largest absolute Gasteiger partial charge is 0.313 e. The standard InChI is InChI=1S/C15H16Cl2N2/c1-18-15(7-4-11-3-2-8-19-10-11)13-9-12(16)5-6-14(13)17/h2-3,5-6,8-10,15,18H,4,7H2,1H3. The molecule has 1 atom stereocenters. The molecule has 2 nitrogen and oxygen atoms in total. The van der Waals surface area contributed by atoms with E-state index < -0.39 is 0 Å². The lowest BCUT2D eigenvalue weighted by Gasteiger charge is -2.18. The highest BCUT2D eigenvalue weighted by molar-refractivity contribution is 6.33. The average Bonchev–Trinajstić information content (AvgIpc) is 2.44. The maximum absolute atomic E-state index is 6.24. The van der Waals surface area contributed by atoms with Crippen LogP contribution >= 0.6 is 23.2 Å². The van der Waals surface area contributed by atoms with Gasteiger partial charge >= 0.3 is 0 Å². The minimum absolute atomic E-state index is 0.186. The van der Waals surface area contributed by atoms with Crippen LogP contribution in [0.4, 0.5) is 0 Å². The van der Waals surface area contributed by atoms with Gasteiger partial charge in [0, 0.05) is 28.5 Å². The summed E-state index contributed by atoms with van der Waals surface area (Å²) in [5, 5.41) is 4.75. The minimum Gasteiger partial charge on any atom is -0.313 e. The van der Waals surface area contributed by atoms with E-state index in [1.54, 1.807) is 12.3 Å². The van der Waals surface area contributed by atoms with Crippen LogP contribution in [0, 0.1) is 0 Å². The fourth-order valence-corrected chi connectivity index (χ4v) is 2.52. The third kappa shape index (κ3) is 3.93. The van der Waals surface area contributed by atoms with Crippen LogP contribution in [0.5, 0.6) is 0 Å². The van der Waals surface area contributed by atoms with Crippen molar-refractivity contribution in [1.82, 2.24) is 10.3 Å². The predicted octanol–water partition coefficient (Wildman–Crippen LogP) is 4.28. The van der Waals surface area contributed by atoms with Gasteiger partial charge in [0.1, 0.15) is 0 Å². The summed E-state index contributed by atoms with van der Waals surface area (Å²) in [4.78, 5) is 4.13. The second kappa shape index (κ2) is 6.90. The second-order valence-electron chi connectivity index (χ2n) is 4.41. The first-order chi connectivity index (χ1) is 9.20. The van der Waals surface area contributed by atoms with E-state index in [-0.39, 0.29) is 6.04 Å². The van der Waals surface area contributed by atoms with E-state index in [0.717, 1.165) is 23.4 Å². The molecule has 2 rings (SSSR count). The molecule has 0 aliphatic heterocycles. The molecule has 0 radical (unpaired) electrons. The van der Waals surface area contributed by atoms with Crippen molar-refractivity contribution in [3.05, 3.63) is 63.9 Å². The molecule has 100 valence electrons. The molecule has 0 fully saturated rings. The topological polar surface area (TPSA) is 24.9 Å². The molecule has 1 N–H and O–H groups in total. The molecule has 0 amide bonds. The molecule has 19 heavy (non-hydrogen) atoms. The number of aryl methyl sites for hydroxylation is 1. The van der Waals surface area contributed by atoms with Crippen LogP contribution in [0.3, 0.4) is 0 Å². The summed E-state index contributed by atoms with van der Waals surface area (Å²) in [5.74, 6) is 0. The van der Waals surface area contributed by atoms with Crippen molar-refractivity contribution in [1.29, 1.82) is 0 Å². The number of rotatable bonds is 5. The smallest absolute Gasteiger partial charge is 0.0454 e. The number of hydrogen-bond donors (Lipinski definition) is 1. The molecule has 0 aliphatic carbocycles. The Labute approximate surface area is 123 Å². The summed E-state index contributed by atoms with van der Waals surface area (Å²) in [6.07, 6.45) is 5.57. The molecule has 1 aromatic heterocycles. The lowest BCUT2D eigenvalue weighted by molar-refractivity contribution is 0.549. The highest BCUT2D eigenvalue weighted by Gasteiger charge is 2.13. The van der Waals surface area contributed by atoms with Crippen LogP contribution < -0.4 is 5.32 Å². The highest BCUT2D eigenvalue weighted by atomic mass is 35.5. The van der Waals surface area contributed by atoms with Crippen molar-refractivity contribution in [2.24, 2.45) is 0 Å². The van der Waals surface area contributed by atoms with E-state index in [1.807, 2.05) is 31.4 Å². The van der Waals surface area contributed by atoms with Crippen molar-refractivity contribution in [3.63, 3.8) is 0 Å². The van der Waals surface area contributed by atoms with Gasteiger partial charge in [-0.2, -0.15) is 0 Å². The maximum atomic E-state index is 6.24. The van der Waals surface area contributed by atoms with Gasteiger partial charge in [-0.05, 0) is 55.3 Å². The fourth-order valence-electron chi connectivity index (χ4n) is 2.09. The Bertz CT molecular complexity index is 529. The Kier molecular flexibility index (Phi) is 5.20. The van der Waals surface area contributed by atoms with Gasteiger partial charge < -0.3 is 5.32 Å². The normalized spacial score (nSPS) is 12.4. The van der Waals surface area contributed by atoms with Crippen LogP contribution in [0.2, 0.25) is 10.0 Å². The summed E-state index contributed by atoms with van der Waals surface area (Å²) < 4.78 is 0. The Morgan fingerprint density at radius 3 is 2.79 bits per heavy atom. The third-order valence-corrected chi connectivity index (χ3v) is 3.71. The van der Waals surface area contributed by atoms with Gasteiger partial charge in [0.2, 0.25) is 0 Å². The van der Waals surface area contributed by atoms with Crippen LogP contribution in [-0.4, -0.2) is 12.0 Å². The van der Waals surface area contributed by atoms with Gasteiger partial charge in [0.05, 0.1) is 0 Å². The quantitative estimate of drug-likeness (QED) is 0.890. The molecule has 1 unspecified atom stereocenters. The summed E-state index contributed by atoms with van der Waals surface area (Å²) in [6, 6.07) is 9.80. The number of aromatic nitrogens is 1. The van der Waals surface area contributed by atoms with Gasteiger partial charge in [-0.25, -0.2) is 0 Å². The number of pyridine rings is 1. The number of benzene rings is 1. The first-order valence-electron chi connectivity index (χ1n) is 6.22. The molecule has 2 aromatic rings. The van der Waals surface area contributed by atoms with Crippen molar-refractivity contribution < 1.29 is 0 Å². The summed E-state index contributed by atoms with van der Waals surface area (Å²) in [6.45, 7) is 0. The monoisotopic (exact) mass is 294 g/mol. The summed E-state index contributed by atoms with van der Waals surface area (Å²) >= 11 is 12.3. The molecule has 0 aliphatic rings. The van der Waals surface area contributed by atoms with E-state index in [2.05, 4.69) is 16.4 Å². The van der Waals surface area contributed by atoms with Crippen LogP contribution in [0.1, 0.15) is 23.6 Å². The van der Waals surface area contributed by atoms with Gasteiger partial charge in [-0.15, -0.1) is 0 Å². The molecule has 1 heterocycles. The lowest BCUT2D eigenvalue weighted by atomic mass is 10.00. The average molecular weight is 295 g/mol. The zero-order valence-electron chi connectivity index (χ0n) is 10.7. The SMILES string of the molecule is CNC(CCc1cccnc1)c1cc(Cl)ccc1Cl. The van der Waals surface area contributed by atoms with Crippen LogP contribution in [0.15, 0.2) is 42.7 Å². The zero-order valence-corrected chi connectivity index (χ0v) is 12.2. The van der Waals surface area contributed by atoms with Crippen molar-refractivity contribution in [3.8, 4) is 0 Å². The maximum Gasteiger partial charge on any atom is 0.0454 e. The second-order valence-corrected chi connectivity index (χ2v) is 5.25. The summed E-state index contributed by atoms with van der Waals surface area (Å²) in [5.41, 5.74) is 2.27. The fraction of sp³-hybridized carbons (Fsp3) is 0.267.